The van der Waals surface area contributed by atoms with Crippen molar-refractivity contribution < 1.29 is 9.90 Å². The van der Waals surface area contributed by atoms with Crippen molar-refractivity contribution in [2.24, 2.45) is 0 Å². The second kappa shape index (κ2) is 5.54. The van der Waals surface area contributed by atoms with Crippen molar-refractivity contribution in [2.75, 3.05) is 6.54 Å². The number of amides is 2. The Bertz CT molecular complexity index is 288. The number of nitrogens with one attached hydrogen (secondary N) is 2. The van der Waals surface area contributed by atoms with Crippen molar-refractivity contribution in [3.05, 3.63) is 12.2 Å². The molecule has 3 N–H and O–H groups in total. The maximum atomic E-state index is 11.6. The fourth-order valence-electron chi connectivity index (χ4n) is 2.60. The Morgan fingerprint density at radius 1 is 1.24 bits per heavy atom. The van der Waals surface area contributed by atoms with Crippen molar-refractivity contribution in [3.8, 4) is 0 Å². The van der Waals surface area contributed by atoms with E-state index in [2.05, 4.69) is 22.8 Å². The van der Waals surface area contributed by atoms with Crippen LogP contribution in [0.1, 0.15) is 44.9 Å². The summed E-state index contributed by atoms with van der Waals surface area (Å²) >= 11 is 0. The molecule has 0 spiro atoms. The molecule has 0 radical (unpaired) electrons. The van der Waals surface area contributed by atoms with E-state index < -0.39 is 5.60 Å². The molecule has 0 aromatic heterocycles. The minimum atomic E-state index is -0.677. The van der Waals surface area contributed by atoms with E-state index in [0.717, 1.165) is 38.5 Å². The lowest BCUT2D eigenvalue weighted by Crippen LogP contribution is -2.49. The van der Waals surface area contributed by atoms with Gasteiger partial charge in [-0.15, -0.1) is 0 Å². The summed E-state index contributed by atoms with van der Waals surface area (Å²) in [4.78, 5) is 11.6. The second-order valence-corrected chi connectivity index (χ2v) is 5.25. The highest BCUT2D eigenvalue weighted by Gasteiger charge is 2.29. The highest BCUT2D eigenvalue weighted by Crippen LogP contribution is 2.27. The van der Waals surface area contributed by atoms with Crippen molar-refractivity contribution in [2.45, 2.75) is 56.6 Å². The van der Waals surface area contributed by atoms with Crippen molar-refractivity contribution in [1.82, 2.24) is 10.6 Å². The number of urea groups is 1. The van der Waals surface area contributed by atoms with E-state index in [1.165, 1.54) is 6.42 Å². The number of aliphatic hydroxyl groups is 1. The Labute approximate surface area is 102 Å². The molecule has 0 saturated heterocycles. The minimum absolute atomic E-state index is 0.155. The highest BCUT2D eigenvalue weighted by molar-refractivity contribution is 5.74. The monoisotopic (exact) mass is 238 g/mol. The Hall–Kier alpha value is -1.03. The van der Waals surface area contributed by atoms with Crippen LogP contribution in [0, 0.1) is 0 Å². The second-order valence-electron chi connectivity index (χ2n) is 5.25. The summed E-state index contributed by atoms with van der Waals surface area (Å²) in [7, 11) is 0. The molecule has 17 heavy (non-hydrogen) atoms. The zero-order chi connectivity index (χ0) is 12.1. The van der Waals surface area contributed by atoms with Gasteiger partial charge in [-0.3, -0.25) is 0 Å². The molecule has 4 nitrogen and oxygen atoms in total. The fourth-order valence-corrected chi connectivity index (χ4v) is 2.60. The van der Waals surface area contributed by atoms with Gasteiger partial charge in [0.15, 0.2) is 0 Å². The standard InChI is InChI=1S/C13H22N2O2/c16-12(15-11-6-2-3-7-11)14-10-13(17)8-4-1-5-9-13/h2-3,11,17H,1,4-10H2,(H2,14,15,16). The molecule has 0 aromatic carbocycles. The topological polar surface area (TPSA) is 61.4 Å². The maximum absolute atomic E-state index is 11.6. The summed E-state index contributed by atoms with van der Waals surface area (Å²) < 4.78 is 0. The number of hydrogen-bond acceptors (Lipinski definition) is 2. The first-order chi connectivity index (χ1) is 8.18. The molecule has 2 amide bonds. The summed E-state index contributed by atoms with van der Waals surface area (Å²) in [5, 5.41) is 15.9. The van der Waals surface area contributed by atoms with Crippen LogP contribution in [0.3, 0.4) is 0 Å². The third-order valence-corrected chi connectivity index (χ3v) is 3.71. The molecule has 0 bridgehead atoms. The van der Waals surface area contributed by atoms with Crippen LogP contribution in [0.25, 0.3) is 0 Å². The smallest absolute Gasteiger partial charge is 0.315 e. The third kappa shape index (κ3) is 3.73. The van der Waals surface area contributed by atoms with Crippen LogP contribution in [0.5, 0.6) is 0 Å². The normalized spacial score (nSPS) is 23.6. The largest absolute Gasteiger partial charge is 0.388 e. The van der Waals surface area contributed by atoms with E-state index in [4.69, 9.17) is 0 Å². The first kappa shape index (κ1) is 12.4. The van der Waals surface area contributed by atoms with E-state index in [0.29, 0.717) is 6.54 Å². The molecule has 0 atom stereocenters. The number of hydrogen-bond donors (Lipinski definition) is 3. The average molecular weight is 238 g/mol. The van der Waals surface area contributed by atoms with E-state index >= 15 is 0 Å². The van der Waals surface area contributed by atoms with Gasteiger partial charge < -0.3 is 15.7 Å². The molecule has 2 rings (SSSR count). The van der Waals surface area contributed by atoms with Crippen LogP contribution >= 0.6 is 0 Å². The Kier molecular flexibility index (Phi) is 4.05. The minimum Gasteiger partial charge on any atom is -0.388 e. The summed E-state index contributed by atoms with van der Waals surface area (Å²) in [5.41, 5.74) is -0.677. The van der Waals surface area contributed by atoms with Crippen LogP contribution in [0.4, 0.5) is 4.79 Å². The Morgan fingerprint density at radius 2 is 1.88 bits per heavy atom. The van der Waals surface area contributed by atoms with E-state index in [-0.39, 0.29) is 12.1 Å². The van der Waals surface area contributed by atoms with Crippen LogP contribution in [-0.2, 0) is 0 Å². The molecule has 1 fully saturated rings. The molecule has 2 aliphatic carbocycles. The molecule has 1 saturated carbocycles. The molecule has 0 aliphatic heterocycles. The van der Waals surface area contributed by atoms with Gasteiger partial charge in [0, 0.05) is 12.6 Å². The SMILES string of the molecule is O=C(NCC1(O)CCCCC1)NC1CC=CC1. The fraction of sp³-hybridized carbons (Fsp3) is 0.769. The third-order valence-electron chi connectivity index (χ3n) is 3.71. The molecule has 96 valence electrons. The van der Waals surface area contributed by atoms with Gasteiger partial charge in [-0.1, -0.05) is 31.4 Å². The quantitative estimate of drug-likeness (QED) is 0.655. The Balaban J connectivity index is 1.68. The van der Waals surface area contributed by atoms with Gasteiger partial charge >= 0.3 is 6.03 Å². The molecular weight excluding hydrogens is 216 g/mol. The molecule has 0 unspecified atom stereocenters. The molecule has 2 aliphatic rings. The van der Waals surface area contributed by atoms with Crippen molar-refractivity contribution in [3.63, 3.8) is 0 Å². The first-order valence-corrected chi connectivity index (χ1v) is 6.60. The van der Waals surface area contributed by atoms with Crippen molar-refractivity contribution in [1.29, 1.82) is 0 Å². The van der Waals surface area contributed by atoms with E-state index in [9.17, 15) is 9.90 Å². The van der Waals surface area contributed by atoms with Gasteiger partial charge in [0.05, 0.1) is 5.60 Å². The molecule has 0 heterocycles. The predicted octanol–water partition coefficient (Wildman–Crippen LogP) is 1.70. The average Bonchev–Trinajstić information content (AvgIpc) is 2.80. The summed E-state index contributed by atoms with van der Waals surface area (Å²) in [6.45, 7) is 0.374. The summed E-state index contributed by atoms with van der Waals surface area (Å²) in [6.07, 6.45) is 10.9. The van der Waals surface area contributed by atoms with Crippen molar-refractivity contribution >= 4 is 6.03 Å². The van der Waals surface area contributed by atoms with Gasteiger partial charge in [-0.2, -0.15) is 0 Å². The zero-order valence-electron chi connectivity index (χ0n) is 10.2. The molecular formula is C13H22N2O2. The number of carbonyl (C=O) groups excluding carboxylic acids is 1. The van der Waals surface area contributed by atoms with Gasteiger partial charge in [0.2, 0.25) is 0 Å². The maximum Gasteiger partial charge on any atom is 0.315 e. The molecule has 0 aromatic rings. The zero-order valence-corrected chi connectivity index (χ0v) is 10.2. The van der Waals surface area contributed by atoms with Crippen LogP contribution in [0.2, 0.25) is 0 Å². The summed E-state index contributed by atoms with van der Waals surface area (Å²) in [6, 6.07) is 0.0775. The van der Waals surface area contributed by atoms with Crippen LogP contribution in [0.15, 0.2) is 12.2 Å². The molecule has 4 heteroatoms. The lowest BCUT2D eigenvalue weighted by Gasteiger charge is -2.32. The van der Waals surface area contributed by atoms with E-state index in [1.54, 1.807) is 0 Å². The van der Waals surface area contributed by atoms with Gasteiger partial charge in [0.25, 0.3) is 0 Å². The summed E-state index contributed by atoms with van der Waals surface area (Å²) in [5.74, 6) is 0. The van der Waals surface area contributed by atoms with Gasteiger partial charge in [0.1, 0.15) is 0 Å². The lowest BCUT2D eigenvalue weighted by molar-refractivity contribution is 0.00713. The van der Waals surface area contributed by atoms with Gasteiger partial charge in [-0.25, -0.2) is 4.79 Å². The Morgan fingerprint density at radius 3 is 2.53 bits per heavy atom. The highest BCUT2D eigenvalue weighted by atomic mass is 16.3. The van der Waals surface area contributed by atoms with Crippen LogP contribution in [-0.4, -0.2) is 29.3 Å². The predicted molar refractivity (Wildman–Crippen MR) is 66.7 cm³/mol. The first-order valence-electron chi connectivity index (χ1n) is 6.60. The van der Waals surface area contributed by atoms with Gasteiger partial charge in [-0.05, 0) is 25.7 Å². The lowest BCUT2D eigenvalue weighted by atomic mass is 9.85. The van der Waals surface area contributed by atoms with Crippen LogP contribution < -0.4 is 10.6 Å². The van der Waals surface area contributed by atoms with E-state index in [1.807, 2.05) is 0 Å². The number of rotatable bonds is 3. The number of carbonyl (C=O) groups is 1.